The molecule has 4 rings (SSSR count). The van der Waals surface area contributed by atoms with Gasteiger partial charge in [0.1, 0.15) is 0 Å². The van der Waals surface area contributed by atoms with Gasteiger partial charge in [0.15, 0.2) is 5.11 Å². The number of esters is 1. The standard InChI is InChI=1S/C30H32N4O4S/c1-38-27(36)17-16-26(35)32-30(39)31-25-15-9-8-14-24(25)29(37)34-20-18-33(19-21-34)28(22-10-4-2-5-11-22)23-12-6-3-7-13-23/h2-15,28H,16-21H2,1H3,(H2,31,32,35,39). The Kier molecular flexibility index (Phi) is 9.77. The average Bonchev–Trinajstić information content (AvgIpc) is 2.97. The largest absolute Gasteiger partial charge is 0.469 e. The van der Waals surface area contributed by atoms with Gasteiger partial charge in [0.05, 0.1) is 30.8 Å². The lowest BCUT2D eigenvalue weighted by molar-refractivity contribution is -0.142. The number of carbonyl (C=O) groups excluding carboxylic acids is 3. The molecule has 0 bridgehead atoms. The summed E-state index contributed by atoms with van der Waals surface area (Å²) in [5.74, 6) is -0.989. The van der Waals surface area contributed by atoms with Crippen LogP contribution in [-0.2, 0) is 14.3 Å². The van der Waals surface area contributed by atoms with Crippen molar-refractivity contribution in [3.8, 4) is 0 Å². The van der Waals surface area contributed by atoms with E-state index in [1.807, 2.05) is 17.0 Å². The van der Waals surface area contributed by atoms with E-state index in [1.165, 1.54) is 18.2 Å². The van der Waals surface area contributed by atoms with Crippen LogP contribution >= 0.6 is 12.2 Å². The van der Waals surface area contributed by atoms with Crippen LogP contribution in [0.3, 0.4) is 0 Å². The zero-order valence-electron chi connectivity index (χ0n) is 21.8. The summed E-state index contributed by atoms with van der Waals surface area (Å²) in [5.41, 5.74) is 3.43. The number of nitrogens with one attached hydrogen (secondary N) is 2. The molecule has 0 spiro atoms. The van der Waals surface area contributed by atoms with Crippen LogP contribution in [0.2, 0.25) is 0 Å². The number of methoxy groups -OCH3 is 1. The minimum Gasteiger partial charge on any atom is -0.469 e. The Balaban J connectivity index is 1.40. The maximum absolute atomic E-state index is 13.5. The quantitative estimate of drug-likeness (QED) is 0.327. The van der Waals surface area contributed by atoms with Gasteiger partial charge < -0.3 is 20.3 Å². The molecule has 3 aromatic rings. The van der Waals surface area contributed by atoms with Crippen molar-refractivity contribution in [1.29, 1.82) is 0 Å². The first-order valence-electron chi connectivity index (χ1n) is 12.9. The van der Waals surface area contributed by atoms with Crippen molar-refractivity contribution >= 4 is 40.8 Å². The first-order chi connectivity index (χ1) is 19.0. The first-order valence-corrected chi connectivity index (χ1v) is 13.3. The monoisotopic (exact) mass is 544 g/mol. The molecule has 39 heavy (non-hydrogen) atoms. The summed E-state index contributed by atoms with van der Waals surface area (Å²) < 4.78 is 4.55. The lowest BCUT2D eigenvalue weighted by Gasteiger charge is -2.40. The van der Waals surface area contributed by atoms with Gasteiger partial charge >= 0.3 is 5.97 Å². The Morgan fingerprint density at radius 1 is 0.821 bits per heavy atom. The predicted octanol–water partition coefficient (Wildman–Crippen LogP) is 4.00. The van der Waals surface area contributed by atoms with Crippen LogP contribution in [-0.4, -0.2) is 66.0 Å². The first kappa shape index (κ1) is 27.9. The number of anilines is 1. The highest BCUT2D eigenvalue weighted by molar-refractivity contribution is 7.80. The third-order valence-electron chi connectivity index (χ3n) is 6.64. The Morgan fingerprint density at radius 2 is 1.38 bits per heavy atom. The molecule has 1 aliphatic rings. The van der Waals surface area contributed by atoms with E-state index in [4.69, 9.17) is 12.2 Å². The Labute approximate surface area is 233 Å². The van der Waals surface area contributed by atoms with Crippen molar-refractivity contribution in [2.24, 2.45) is 0 Å². The Hall–Kier alpha value is -4.08. The van der Waals surface area contributed by atoms with E-state index in [9.17, 15) is 14.4 Å². The number of nitrogens with zero attached hydrogens (tertiary/aromatic N) is 2. The fraction of sp³-hybridized carbons (Fsp3) is 0.267. The van der Waals surface area contributed by atoms with E-state index in [1.54, 1.807) is 24.3 Å². The zero-order valence-corrected chi connectivity index (χ0v) is 22.7. The van der Waals surface area contributed by atoms with Crippen LogP contribution in [0.1, 0.15) is 40.4 Å². The van der Waals surface area contributed by atoms with Gasteiger partial charge in [0.2, 0.25) is 5.91 Å². The maximum atomic E-state index is 13.5. The van der Waals surface area contributed by atoms with E-state index in [0.29, 0.717) is 24.3 Å². The van der Waals surface area contributed by atoms with Crippen LogP contribution < -0.4 is 10.6 Å². The van der Waals surface area contributed by atoms with E-state index in [0.717, 1.165) is 13.1 Å². The highest BCUT2D eigenvalue weighted by Gasteiger charge is 2.29. The summed E-state index contributed by atoms with van der Waals surface area (Å²) in [6.45, 7) is 2.62. The van der Waals surface area contributed by atoms with E-state index >= 15 is 0 Å². The van der Waals surface area contributed by atoms with Crippen molar-refractivity contribution in [1.82, 2.24) is 15.1 Å². The van der Waals surface area contributed by atoms with Gasteiger partial charge in [-0.05, 0) is 35.5 Å². The Bertz CT molecular complexity index is 1260. The normalized spacial score (nSPS) is 13.5. The van der Waals surface area contributed by atoms with Gasteiger partial charge in [-0.25, -0.2) is 0 Å². The van der Waals surface area contributed by atoms with Gasteiger partial charge in [0, 0.05) is 32.6 Å². The lowest BCUT2D eigenvalue weighted by atomic mass is 9.96. The molecule has 0 saturated carbocycles. The minimum absolute atomic E-state index is 0.0403. The molecule has 0 aliphatic carbocycles. The van der Waals surface area contributed by atoms with Crippen LogP contribution in [0.4, 0.5) is 5.69 Å². The third-order valence-corrected chi connectivity index (χ3v) is 6.84. The summed E-state index contributed by atoms with van der Waals surface area (Å²) in [6.07, 6.45) is -0.0896. The smallest absolute Gasteiger partial charge is 0.306 e. The zero-order chi connectivity index (χ0) is 27.6. The van der Waals surface area contributed by atoms with Crippen molar-refractivity contribution in [3.05, 3.63) is 102 Å². The van der Waals surface area contributed by atoms with Gasteiger partial charge in [-0.15, -0.1) is 0 Å². The van der Waals surface area contributed by atoms with Crippen molar-refractivity contribution in [2.45, 2.75) is 18.9 Å². The summed E-state index contributed by atoms with van der Waals surface area (Å²) in [6, 6.07) is 28.1. The molecule has 2 amide bonds. The number of piperazine rings is 1. The summed E-state index contributed by atoms with van der Waals surface area (Å²) in [7, 11) is 1.27. The van der Waals surface area contributed by atoms with Gasteiger partial charge in [-0.3, -0.25) is 19.3 Å². The second-order valence-electron chi connectivity index (χ2n) is 9.18. The molecule has 1 fully saturated rings. The molecule has 0 radical (unpaired) electrons. The molecular weight excluding hydrogens is 512 g/mol. The highest BCUT2D eigenvalue weighted by atomic mass is 32.1. The number of carbonyl (C=O) groups is 3. The highest BCUT2D eigenvalue weighted by Crippen LogP contribution is 2.30. The van der Waals surface area contributed by atoms with Gasteiger partial charge in [-0.2, -0.15) is 0 Å². The number of ether oxygens (including phenoxy) is 1. The SMILES string of the molecule is COC(=O)CCC(=O)NC(=S)Nc1ccccc1C(=O)N1CCN(C(c2ccccc2)c2ccccc2)CC1. The van der Waals surface area contributed by atoms with Crippen LogP contribution in [0.15, 0.2) is 84.9 Å². The van der Waals surface area contributed by atoms with E-state index in [-0.39, 0.29) is 29.9 Å². The van der Waals surface area contributed by atoms with Gasteiger partial charge in [-0.1, -0.05) is 72.8 Å². The molecule has 0 unspecified atom stereocenters. The fourth-order valence-electron chi connectivity index (χ4n) is 4.68. The lowest BCUT2D eigenvalue weighted by Crippen LogP contribution is -2.50. The van der Waals surface area contributed by atoms with E-state index < -0.39 is 11.9 Å². The molecule has 8 nitrogen and oxygen atoms in total. The molecule has 1 aliphatic heterocycles. The Morgan fingerprint density at radius 3 is 1.97 bits per heavy atom. The molecule has 1 saturated heterocycles. The third kappa shape index (κ3) is 7.49. The molecule has 3 aromatic carbocycles. The van der Waals surface area contributed by atoms with Crippen molar-refractivity contribution in [3.63, 3.8) is 0 Å². The molecule has 0 aromatic heterocycles. The number of hydrogen-bond acceptors (Lipinski definition) is 6. The number of rotatable bonds is 8. The fourth-order valence-corrected chi connectivity index (χ4v) is 4.90. The molecular formula is C30H32N4O4S. The summed E-state index contributed by atoms with van der Waals surface area (Å²) in [4.78, 5) is 41.2. The number of amides is 2. The van der Waals surface area contributed by atoms with Crippen molar-refractivity contribution in [2.75, 3.05) is 38.6 Å². The van der Waals surface area contributed by atoms with Crippen molar-refractivity contribution < 1.29 is 19.1 Å². The predicted molar refractivity (Wildman–Crippen MR) is 154 cm³/mol. The molecule has 2 N–H and O–H groups in total. The maximum Gasteiger partial charge on any atom is 0.306 e. The summed E-state index contributed by atoms with van der Waals surface area (Å²) >= 11 is 5.27. The van der Waals surface area contributed by atoms with Gasteiger partial charge in [0.25, 0.3) is 5.91 Å². The molecule has 9 heteroatoms. The number of para-hydroxylation sites is 1. The molecule has 1 heterocycles. The second-order valence-corrected chi connectivity index (χ2v) is 9.58. The van der Waals surface area contributed by atoms with E-state index in [2.05, 4.69) is 68.8 Å². The van der Waals surface area contributed by atoms with Crippen LogP contribution in [0, 0.1) is 0 Å². The van der Waals surface area contributed by atoms with Crippen LogP contribution in [0.5, 0.6) is 0 Å². The molecule has 202 valence electrons. The average molecular weight is 545 g/mol. The number of thiocarbonyl (C=S) groups is 1. The second kappa shape index (κ2) is 13.6. The molecule has 0 atom stereocenters. The summed E-state index contributed by atoms with van der Waals surface area (Å²) in [5, 5.41) is 5.56. The number of hydrogen-bond donors (Lipinski definition) is 2. The minimum atomic E-state index is -0.473. The van der Waals surface area contributed by atoms with Crippen LogP contribution in [0.25, 0.3) is 0 Å². The topological polar surface area (TPSA) is 91.0 Å². The number of benzene rings is 3.